The van der Waals surface area contributed by atoms with E-state index < -0.39 is 0 Å². The molecule has 1 aromatic carbocycles. The van der Waals surface area contributed by atoms with Crippen LogP contribution in [-0.4, -0.2) is 26.7 Å². The predicted octanol–water partition coefficient (Wildman–Crippen LogP) is 0.541. The van der Waals surface area contributed by atoms with Gasteiger partial charge in [0.25, 0.3) is 0 Å². The number of carbonyl (C=O) groups excluding carboxylic acids is 1. The molecule has 8 heteroatoms. The van der Waals surface area contributed by atoms with Gasteiger partial charge < -0.3 is 16.4 Å². The topological polar surface area (TPSA) is 122 Å². The van der Waals surface area contributed by atoms with Gasteiger partial charge in [-0.15, -0.1) is 10.2 Å². The summed E-state index contributed by atoms with van der Waals surface area (Å²) in [6.45, 7) is 2.09. The first-order chi connectivity index (χ1) is 9.15. The van der Waals surface area contributed by atoms with E-state index in [-0.39, 0.29) is 18.6 Å². The second kappa shape index (κ2) is 5.91. The summed E-state index contributed by atoms with van der Waals surface area (Å²) in [6.07, 6.45) is 0. The highest BCUT2D eigenvalue weighted by atomic mass is 16.2. The minimum Gasteiger partial charge on any atom is -0.330 e. The van der Waals surface area contributed by atoms with E-state index in [1.165, 1.54) is 0 Å². The summed E-state index contributed by atoms with van der Waals surface area (Å²) < 4.78 is 0. The third kappa shape index (κ3) is 3.75. The molecule has 2 rings (SSSR count). The fraction of sp³-hybridized carbons (Fsp3) is 0.273. The molecular formula is C11H15N7O. The number of rotatable bonds is 4. The van der Waals surface area contributed by atoms with Crippen LogP contribution in [0.5, 0.6) is 0 Å². The Balaban J connectivity index is 1.89. The van der Waals surface area contributed by atoms with Crippen molar-refractivity contribution < 1.29 is 4.79 Å². The average Bonchev–Trinajstić information content (AvgIpc) is 2.90. The van der Waals surface area contributed by atoms with Crippen molar-refractivity contribution in [3.63, 3.8) is 0 Å². The Morgan fingerprint density at radius 3 is 3.05 bits per heavy atom. The Bertz CT molecular complexity index is 538. The monoisotopic (exact) mass is 261 g/mol. The second-order valence-electron chi connectivity index (χ2n) is 4.05. The minimum absolute atomic E-state index is 0.0795. The van der Waals surface area contributed by atoms with E-state index in [4.69, 9.17) is 5.73 Å². The number of aromatic amines is 1. The number of hydrogen-bond donors (Lipinski definition) is 4. The average molecular weight is 261 g/mol. The van der Waals surface area contributed by atoms with Crippen molar-refractivity contribution in [2.45, 2.75) is 19.5 Å². The molecule has 0 spiro atoms. The van der Waals surface area contributed by atoms with Gasteiger partial charge in [-0.25, -0.2) is 4.79 Å². The van der Waals surface area contributed by atoms with E-state index in [0.29, 0.717) is 11.5 Å². The zero-order chi connectivity index (χ0) is 13.7. The first-order valence-corrected chi connectivity index (χ1v) is 5.78. The molecule has 0 aliphatic rings. The number of H-pyrrole nitrogens is 1. The van der Waals surface area contributed by atoms with Crippen LogP contribution in [0.2, 0.25) is 0 Å². The number of nitrogens with one attached hydrogen (secondary N) is 3. The lowest BCUT2D eigenvalue weighted by atomic mass is 10.1. The Kier molecular flexibility index (Phi) is 4.04. The number of amides is 2. The van der Waals surface area contributed by atoms with Gasteiger partial charge >= 0.3 is 6.03 Å². The van der Waals surface area contributed by atoms with Crippen LogP contribution in [0, 0.1) is 0 Å². The second-order valence-corrected chi connectivity index (χ2v) is 4.05. The molecule has 0 saturated carbocycles. The molecule has 1 heterocycles. The van der Waals surface area contributed by atoms with Gasteiger partial charge in [-0.3, -0.25) is 0 Å². The van der Waals surface area contributed by atoms with E-state index in [0.717, 1.165) is 5.56 Å². The number of urea groups is 1. The Morgan fingerprint density at radius 2 is 2.37 bits per heavy atom. The van der Waals surface area contributed by atoms with Gasteiger partial charge in [-0.05, 0) is 24.6 Å². The molecule has 5 N–H and O–H groups in total. The van der Waals surface area contributed by atoms with Crippen molar-refractivity contribution in [2.24, 2.45) is 5.73 Å². The highest BCUT2D eigenvalue weighted by Crippen LogP contribution is 2.15. The van der Waals surface area contributed by atoms with Crippen molar-refractivity contribution in [1.82, 2.24) is 25.9 Å². The Labute approximate surface area is 109 Å². The smallest absolute Gasteiger partial charge is 0.319 e. The van der Waals surface area contributed by atoms with Crippen LogP contribution in [0.25, 0.3) is 0 Å². The van der Waals surface area contributed by atoms with Crippen LogP contribution in [0.15, 0.2) is 24.3 Å². The number of carbonyl (C=O) groups is 1. The molecule has 0 fully saturated rings. The summed E-state index contributed by atoms with van der Waals surface area (Å²) in [5.74, 6) is 0.416. The molecule has 2 aromatic rings. The SMILES string of the molecule is CC(N)c1cccc(NC(=O)NCc2nn[nH]n2)c1. The normalized spacial score (nSPS) is 11.9. The van der Waals surface area contributed by atoms with Crippen LogP contribution < -0.4 is 16.4 Å². The van der Waals surface area contributed by atoms with Gasteiger partial charge in [0.05, 0.1) is 6.54 Å². The number of anilines is 1. The van der Waals surface area contributed by atoms with Gasteiger partial charge in [-0.2, -0.15) is 5.21 Å². The zero-order valence-corrected chi connectivity index (χ0v) is 10.4. The molecule has 8 nitrogen and oxygen atoms in total. The van der Waals surface area contributed by atoms with Crippen LogP contribution in [0.4, 0.5) is 10.5 Å². The van der Waals surface area contributed by atoms with E-state index in [1.807, 2.05) is 25.1 Å². The summed E-state index contributed by atoms with van der Waals surface area (Å²) in [5, 5.41) is 18.5. The summed E-state index contributed by atoms with van der Waals surface area (Å²) >= 11 is 0. The van der Waals surface area contributed by atoms with Crippen LogP contribution >= 0.6 is 0 Å². The number of nitrogens with two attached hydrogens (primary N) is 1. The first kappa shape index (κ1) is 13.0. The number of hydrogen-bond acceptors (Lipinski definition) is 5. The fourth-order valence-electron chi connectivity index (χ4n) is 1.49. The summed E-state index contributed by atoms with van der Waals surface area (Å²) in [4.78, 5) is 11.6. The maximum atomic E-state index is 11.6. The van der Waals surface area contributed by atoms with Gasteiger partial charge in [0, 0.05) is 11.7 Å². The highest BCUT2D eigenvalue weighted by Gasteiger charge is 2.05. The lowest BCUT2D eigenvalue weighted by molar-refractivity contribution is 0.251. The van der Waals surface area contributed by atoms with Crippen LogP contribution in [-0.2, 0) is 6.54 Å². The van der Waals surface area contributed by atoms with Crippen molar-refractivity contribution in [1.29, 1.82) is 0 Å². The summed E-state index contributed by atoms with van der Waals surface area (Å²) in [7, 11) is 0. The molecule has 0 aliphatic heterocycles. The molecule has 1 aromatic heterocycles. The van der Waals surface area contributed by atoms with Crippen molar-refractivity contribution in [3.8, 4) is 0 Å². The predicted molar refractivity (Wildman–Crippen MR) is 69.1 cm³/mol. The van der Waals surface area contributed by atoms with Gasteiger partial charge in [0.1, 0.15) is 0 Å². The lowest BCUT2D eigenvalue weighted by Gasteiger charge is -2.09. The van der Waals surface area contributed by atoms with Crippen molar-refractivity contribution >= 4 is 11.7 Å². The third-order valence-corrected chi connectivity index (χ3v) is 2.47. The molecular weight excluding hydrogens is 246 g/mol. The molecule has 0 radical (unpaired) electrons. The minimum atomic E-state index is -0.341. The molecule has 1 atom stereocenters. The van der Waals surface area contributed by atoms with Gasteiger partial charge in [0.2, 0.25) is 0 Å². The van der Waals surface area contributed by atoms with Crippen molar-refractivity contribution in [2.75, 3.05) is 5.32 Å². The maximum Gasteiger partial charge on any atom is 0.319 e. The first-order valence-electron chi connectivity index (χ1n) is 5.78. The number of tetrazole rings is 1. The highest BCUT2D eigenvalue weighted by molar-refractivity contribution is 5.89. The number of aromatic nitrogens is 4. The van der Waals surface area contributed by atoms with Crippen molar-refractivity contribution in [3.05, 3.63) is 35.7 Å². The number of nitrogens with zero attached hydrogens (tertiary/aromatic N) is 3. The standard InChI is InChI=1S/C11H15N7O/c1-7(12)8-3-2-4-9(5-8)14-11(19)13-6-10-15-17-18-16-10/h2-5,7H,6,12H2,1H3,(H2,13,14,19)(H,15,16,17,18). The molecule has 2 amide bonds. The number of benzene rings is 1. The largest absolute Gasteiger partial charge is 0.330 e. The molecule has 19 heavy (non-hydrogen) atoms. The van der Waals surface area contributed by atoms with Gasteiger partial charge in [0.15, 0.2) is 5.82 Å². The molecule has 100 valence electrons. The maximum absolute atomic E-state index is 11.6. The van der Waals surface area contributed by atoms with E-state index in [2.05, 4.69) is 31.3 Å². The quantitative estimate of drug-likeness (QED) is 0.640. The van der Waals surface area contributed by atoms with E-state index in [9.17, 15) is 4.79 Å². The lowest BCUT2D eigenvalue weighted by Crippen LogP contribution is -2.28. The molecule has 1 unspecified atom stereocenters. The molecule has 0 bridgehead atoms. The summed E-state index contributed by atoms with van der Waals surface area (Å²) in [6, 6.07) is 6.95. The van der Waals surface area contributed by atoms with Crippen LogP contribution in [0.3, 0.4) is 0 Å². The Hall–Kier alpha value is -2.48. The van der Waals surface area contributed by atoms with Crippen LogP contribution in [0.1, 0.15) is 24.4 Å². The third-order valence-electron chi connectivity index (χ3n) is 2.47. The summed E-state index contributed by atoms with van der Waals surface area (Å²) in [5.41, 5.74) is 7.42. The Morgan fingerprint density at radius 1 is 1.53 bits per heavy atom. The molecule has 0 aliphatic carbocycles. The fourth-order valence-corrected chi connectivity index (χ4v) is 1.49. The molecule has 0 saturated heterocycles. The van der Waals surface area contributed by atoms with Gasteiger partial charge in [-0.1, -0.05) is 17.3 Å². The zero-order valence-electron chi connectivity index (χ0n) is 10.4. The van der Waals surface area contributed by atoms with E-state index in [1.54, 1.807) is 6.07 Å². The van der Waals surface area contributed by atoms with E-state index >= 15 is 0 Å².